The van der Waals surface area contributed by atoms with Crippen LogP contribution in [-0.4, -0.2) is 19.0 Å². The van der Waals surface area contributed by atoms with Crippen molar-refractivity contribution in [1.82, 2.24) is 0 Å². The molecule has 0 spiro atoms. The van der Waals surface area contributed by atoms with Crippen LogP contribution in [0.5, 0.6) is 5.75 Å². The fourth-order valence-corrected chi connectivity index (χ4v) is 2.07. The van der Waals surface area contributed by atoms with Crippen LogP contribution in [0.15, 0.2) is 17.0 Å². The summed E-state index contributed by atoms with van der Waals surface area (Å²) >= 11 is 4.13. The van der Waals surface area contributed by atoms with Crippen LogP contribution in [0, 0.1) is 5.82 Å². The Hall–Kier alpha value is -0.840. The highest BCUT2D eigenvalue weighted by atomic mass is 32.1. The maximum atomic E-state index is 14.0. The summed E-state index contributed by atoms with van der Waals surface area (Å²) in [5.41, 5.74) is 0.714. The van der Waals surface area contributed by atoms with Gasteiger partial charge in [-0.15, -0.1) is 12.6 Å². The van der Waals surface area contributed by atoms with Crippen LogP contribution in [0.2, 0.25) is 0 Å². The molecule has 2 atom stereocenters. The maximum Gasteiger partial charge on any atom is 0.178 e. The molecular weight excluding hydrogens is 285 g/mol. The normalized spacial score (nSPS) is 14.1. The van der Waals surface area contributed by atoms with E-state index in [1.54, 1.807) is 13.0 Å². The molecule has 0 aliphatic heterocycles. The van der Waals surface area contributed by atoms with E-state index in [-0.39, 0.29) is 17.3 Å². The summed E-state index contributed by atoms with van der Waals surface area (Å²) < 4.78 is 44.9. The highest BCUT2D eigenvalue weighted by Gasteiger charge is 2.13. The zero-order valence-electron chi connectivity index (χ0n) is 11.8. The number of hydrogen-bond acceptors (Lipinski definition) is 2. The Balaban J connectivity index is 2.66. The zero-order chi connectivity index (χ0) is 15.1. The van der Waals surface area contributed by atoms with Crippen LogP contribution in [-0.2, 0) is 6.42 Å². The van der Waals surface area contributed by atoms with E-state index in [9.17, 15) is 13.2 Å². The average Bonchev–Trinajstić information content (AvgIpc) is 2.41. The Labute approximate surface area is 123 Å². The smallest absolute Gasteiger partial charge is 0.178 e. The quantitative estimate of drug-likeness (QED) is 0.671. The Morgan fingerprint density at radius 3 is 2.60 bits per heavy atom. The molecule has 0 aliphatic carbocycles. The Bertz CT molecular complexity index is 424. The average molecular weight is 306 g/mol. The van der Waals surface area contributed by atoms with Gasteiger partial charge >= 0.3 is 0 Å². The molecule has 0 radical (unpaired) electrons. The van der Waals surface area contributed by atoms with Crippen molar-refractivity contribution in [2.24, 2.45) is 0 Å². The molecule has 5 heteroatoms. The van der Waals surface area contributed by atoms with Crippen LogP contribution in [0.3, 0.4) is 0 Å². The third kappa shape index (κ3) is 5.27. The van der Waals surface area contributed by atoms with E-state index in [0.717, 1.165) is 0 Å². The lowest BCUT2D eigenvalue weighted by Gasteiger charge is -2.13. The fourth-order valence-electron chi connectivity index (χ4n) is 1.77. The lowest BCUT2D eigenvalue weighted by molar-refractivity contribution is 0.185. The van der Waals surface area contributed by atoms with E-state index in [1.165, 1.54) is 13.0 Å². The van der Waals surface area contributed by atoms with Gasteiger partial charge in [-0.1, -0.05) is 13.0 Å². The van der Waals surface area contributed by atoms with Crippen LogP contribution in [0.1, 0.15) is 38.7 Å². The molecule has 0 N–H and O–H groups in total. The predicted molar refractivity (Wildman–Crippen MR) is 77.8 cm³/mol. The molecule has 1 nitrogen and oxygen atoms in total. The van der Waals surface area contributed by atoms with E-state index in [0.29, 0.717) is 31.2 Å². The molecule has 0 fully saturated rings. The van der Waals surface area contributed by atoms with E-state index in [1.807, 2.05) is 0 Å². The number of thiol groups is 1. The molecule has 2 unspecified atom stereocenters. The van der Waals surface area contributed by atoms with Crippen molar-refractivity contribution >= 4 is 12.6 Å². The van der Waals surface area contributed by atoms with Gasteiger partial charge in [0.1, 0.15) is 12.8 Å². The highest BCUT2D eigenvalue weighted by Crippen LogP contribution is 2.28. The molecule has 20 heavy (non-hydrogen) atoms. The van der Waals surface area contributed by atoms with Gasteiger partial charge in [0.2, 0.25) is 0 Å². The number of benzene rings is 1. The summed E-state index contributed by atoms with van der Waals surface area (Å²) in [6, 6.07) is 3.18. The second-order valence-electron chi connectivity index (χ2n) is 4.87. The molecule has 0 amide bonds. The molecule has 1 aromatic rings. The number of rotatable bonds is 8. The summed E-state index contributed by atoms with van der Waals surface area (Å²) in [4.78, 5) is 0.195. The van der Waals surface area contributed by atoms with E-state index in [2.05, 4.69) is 12.6 Å². The molecule has 0 saturated carbocycles. The summed E-state index contributed by atoms with van der Waals surface area (Å²) in [6.45, 7) is 3.03. The lowest BCUT2D eigenvalue weighted by atomic mass is 10.1. The van der Waals surface area contributed by atoms with Crippen molar-refractivity contribution in [2.75, 3.05) is 6.61 Å². The second-order valence-corrected chi connectivity index (χ2v) is 5.32. The lowest BCUT2D eigenvalue weighted by Crippen LogP contribution is -2.12. The van der Waals surface area contributed by atoms with Crippen molar-refractivity contribution in [3.05, 3.63) is 23.5 Å². The monoisotopic (exact) mass is 306 g/mol. The number of alkyl halides is 2. The standard InChI is InChI=1S/C15H21F3OS/c1-3-12(17)9-19-13-8-7-11(15(20)14(13)18)6-4-5-10(2)16/h7-8,10,12,20H,3-6,9H2,1-2H3. The van der Waals surface area contributed by atoms with Gasteiger partial charge in [0.25, 0.3) is 0 Å². The SMILES string of the molecule is CCC(F)COc1ccc(CCCC(C)F)c(S)c1F. The topological polar surface area (TPSA) is 9.23 Å². The molecular formula is C15H21F3OS. The van der Waals surface area contributed by atoms with Gasteiger partial charge in [0.05, 0.1) is 6.17 Å². The Kier molecular flexibility index (Phi) is 7.27. The summed E-state index contributed by atoms with van der Waals surface area (Å²) in [5, 5.41) is 0. The fraction of sp³-hybridized carbons (Fsp3) is 0.600. The van der Waals surface area contributed by atoms with Gasteiger partial charge in [-0.3, -0.25) is 0 Å². The van der Waals surface area contributed by atoms with E-state index >= 15 is 0 Å². The third-order valence-electron chi connectivity index (χ3n) is 3.07. The first kappa shape index (κ1) is 17.2. The minimum absolute atomic E-state index is 0.00806. The van der Waals surface area contributed by atoms with E-state index in [4.69, 9.17) is 4.74 Å². The van der Waals surface area contributed by atoms with Crippen LogP contribution < -0.4 is 4.74 Å². The van der Waals surface area contributed by atoms with E-state index < -0.39 is 18.2 Å². The van der Waals surface area contributed by atoms with Gasteiger partial charge in [-0.2, -0.15) is 0 Å². The minimum Gasteiger partial charge on any atom is -0.487 e. The van der Waals surface area contributed by atoms with Crippen molar-refractivity contribution in [3.8, 4) is 5.75 Å². The molecule has 0 aromatic heterocycles. The second kappa shape index (κ2) is 8.45. The molecule has 114 valence electrons. The molecule has 1 aromatic carbocycles. The Morgan fingerprint density at radius 1 is 1.30 bits per heavy atom. The van der Waals surface area contributed by atoms with Crippen LogP contribution >= 0.6 is 12.6 Å². The van der Waals surface area contributed by atoms with Crippen molar-refractivity contribution < 1.29 is 17.9 Å². The predicted octanol–water partition coefficient (Wildman–Crippen LogP) is 4.92. The molecule has 0 saturated heterocycles. The van der Waals surface area contributed by atoms with Crippen molar-refractivity contribution in [1.29, 1.82) is 0 Å². The van der Waals surface area contributed by atoms with Gasteiger partial charge in [-0.05, 0) is 44.2 Å². The summed E-state index contributed by atoms with van der Waals surface area (Å²) in [6.07, 6.45) is -0.00919. The molecule has 0 aliphatic rings. The molecule has 0 heterocycles. The van der Waals surface area contributed by atoms with Gasteiger partial charge in [0.15, 0.2) is 11.6 Å². The number of halogens is 3. The van der Waals surface area contributed by atoms with Crippen LogP contribution in [0.25, 0.3) is 0 Å². The maximum absolute atomic E-state index is 14.0. The minimum atomic E-state index is -1.11. The number of ether oxygens (including phenoxy) is 1. The molecule has 0 bridgehead atoms. The van der Waals surface area contributed by atoms with Crippen LogP contribution in [0.4, 0.5) is 13.2 Å². The summed E-state index contributed by atoms with van der Waals surface area (Å²) in [7, 11) is 0. The zero-order valence-corrected chi connectivity index (χ0v) is 12.7. The first-order valence-corrected chi connectivity index (χ1v) is 7.31. The van der Waals surface area contributed by atoms with Gasteiger partial charge < -0.3 is 4.74 Å². The highest BCUT2D eigenvalue weighted by molar-refractivity contribution is 7.80. The summed E-state index contributed by atoms with van der Waals surface area (Å²) in [5.74, 6) is -0.573. The van der Waals surface area contributed by atoms with Gasteiger partial charge in [0, 0.05) is 4.90 Å². The molecule has 1 rings (SSSR count). The van der Waals surface area contributed by atoms with Crippen molar-refractivity contribution in [3.63, 3.8) is 0 Å². The number of aryl methyl sites for hydroxylation is 1. The first-order valence-electron chi connectivity index (χ1n) is 6.87. The van der Waals surface area contributed by atoms with Crippen molar-refractivity contribution in [2.45, 2.75) is 56.8 Å². The number of hydrogen-bond donors (Lipinski definition) is 1. The largest absolute Gasteiger partial charge is 0.487 e. The van der Waals surface area contributed by atoms with Gasteiger partial charge in [-0.25, -0.2) is 13.2 Å². The third-order valence-corrected chi connectivity index (χ3v) is 3.56. The Morgan fingerprint density at radius 2 is 2.00 bits per heavy atom. The first-order chi connectivity index (χ1) is 9.45.